The first-order valence-corrected chi connectivity index (χ1v) is 20.9. The molecule has 4 fully saturated rings. The Hall–Kier alpha value is -6.40. The van der Waals surface area contributed by atoms with Gasteiger partial charge in [-0.15, -0.1) is 5.10 Å². The van der Waals surface area contributed by atoms with Gasteiger partial charge in [0.15, 0.2) is 17.2 Å². The number of imide groups is 1. The van der Waals surface area contributed by atoms with Gasteiger partial charge in [-0.25, -0.2) is 23.1 Å². The third-order valence-electron chi connectivity index (χ3n) is 13.2. The van der Waals surface area contributed by atoms with E-state index < -0.39 is 29.8 Å². The van der Waals surface area contributed by atoms with Crippen molar-refractivity contribution in [3.63, 3.8) is 0 Å². The van der Waals surface area contributed by atoms with E-state index in [2.05, 4.69) is 37.6 Å². The quantitative estimate of drug-likeness (QED) is 0.214. The van der Waals surface area contributed by atoms with Crippen molar-refractivity contribution in [2.45, 2.75) is 63.6 Å². The minimum Gasteiger partial charge on any atom is -0.379 e. The molecule has 18 heteroatoms. The molecule has 10 rings (SSSR count). The third kappa shape index (κ3) is 6.81. The average molecular weight is 846 g/mol. The van der Waals surface area contributed by atoms with Crippen molar-refractivity contribution < 1.29 is 32.7 Å². The molecule has 8 heterocycles. The molecule has 62 heavy (non-hydrogen) atoms. The lowest BCUT2D eigenvalue weighted by atomic mass is 9.69. The number of pyridine rings is 2. The fourth-order valence-electron chi connectivity index (χ4n) is 9.55. The second-order valence-corrected chi connectivity index (χ2v) is 17.0. The Labute approximate surface area is 355 Å². The number of amides is 5. The molecule has 320 valence electrons. The highest BCUT2D eigenvalue weighted by molar-refractivity contribution is 6.06. The molecule has 16 nitrogen and oxygen atoms in total. The maximum Gasteiger partial charge on any atom is 0.328 e. The van der Waals surface area contributed by atoms with Gasteiger partial charge in [0.1, 0.15) is 5.69 Å². The minimum absolute atomic E-state index is 0.0120. The van der Waals surface area contributed by atoms with Gasteiger partial charge in [-0.1, -0.05) is 18.2 Å². The molecular formula is C44H45F2N11O5. The topological polar surface area (TPSA) is 170 Å². The van der Waals surface area contributed by atoms with Crippen molar-refractivity contribution in [2.24, 2.45) is 5.41 Å². The van der Waals surface area contributed by atoms with Gasteiger partial charge in [0.25, 0.3) is 17.7 Å². The van der Waals surface area contributed by atoms with Crippen molar-refractivity contribution in [1.82, 2.24) is 45.0 Å². The number of nitrogens with zero attached hydrogens (tertiary/aromatic N) is 9. The molecule has 1 saturated carbocycles. The van der Waals surface area contributed by atoms with Gasteiger partial charge in [0, 0.05) is 76.4 Å². The van der Waals surface area contributed by atoms with Crippen LogP contribution in [0.3, 0.4) is 0 Å². The van der Waals surface area contributed by atoms with Crippen LogP contribution < -0.4 is 20.4 Å². The number of halogens is 2. The first-order chi connectivity index (χ1) is 29.9. The van der Waals surface area contributed by atoms with Crippen LogP contribution in [0.2, 0.25) is 0 Å². The Morgan fingerprint density at radius 3 is 2.50 bits per heavy atom. The number of aromatic nitrogens is 5. The summed E-state index contributed by atoms with van der Waals surface area (Å²) in [4.78, 5) is 70.9. The molecular weight excluding hydrogens is 801 g/mol. The highest BCUT2D eigenvalue weighted by Gasteiger charge is 2.63. The molecule has 1 spiro atoms. The van der Waals surface area contributed by atoms with Crippen LogP contribution in [0.25, 0.3) is 16.9 Å². The van der Waals surface area contributed by atoms with E-state index in [4.69, 9.17) is 14.8 Å². The van der Waals surface area contributed by atoms with E-state index >= 15 is 8.78 Å². The van der Waals surface area contributed by atoms with Crippen molar-refractivity contribution in [1.29, 1.82) is 0 Å². The minimum atomic E-state index is -3.12. The van der Waals surface area contributed by atoms with Crippen LogP contribution in [-0.4, -0.2) is 123 Å². The van der Waals surface area contributed by atoms with Gasteiger partial charge in [0.2, 0.25) is 5.91 Å². The Balaban J connectivity index is 0.773. The van der Waals surface area contributed by atoms with Gasteiger partial charge in [-0.3, -0.25) is 39.5 Å². The number of anilines is 3. The fourth-order valence-corrected chi connectivity index (χ4v) is 9.55. The summed E-state index contributed by atoms with van der Waals surface area (Å²) in [5.74, 6) is -3.68. The lowest BCUT2D eigenvalue weighted by molar-refractivity contribution is -0.220. The molecule has 4 aromatic heterocycles. The second kappa shape index (κ2) is 15.2. The Bertz CT molecular complexity index is 2630. The van der Waals surface area contributed by atoms with Gasteiger partial charge >= 0.3 is 6.03 Å². The molecule has 1 unspecified atom stereocenters. The molecule has 1 aliphatic carbocycles. The Kier molecular flexibility index (Phi) is 9.74. The summed E-state index contributed by atoms with van der Waals surface area (Å²) in [6.07, 6.45) is 7.60. The van der Waals surface area contributed by atoms with Gasteiger partial charge in [0.05, 0.1) is 41.7 Å². The number of rotatable bonds is 9. The van der Waals surface area contributed by atoms with Crippen LogP contribution in [0.1, 0.15) is 63.4 Å². The number of carbonyl (C=O) groups excluding carboxylic acids is 4. The average Bonchev–Trinajstić information content (AvgIpc) is 3.87. The highest BCUT2D eigenvalue weighted by atomic mass is 19.3. The maximum absolute atomic E-state index is 16.0. The fraction of sp³-hybridized carbons (Fsp3) is 0.409. The number of hydrogen-bond acceptors (Lipinski definition) is 11. The largest absolute Gasteiger partial charge is 0.379 e. The maximum atomic E-state index is 16.0. The number of ether oxygens (including phenoxy) is 1. The van der Waals surface area contributed by atoms with Gasteiger partial charge in [-0.05, 0) is 79.6 Å². The third-order valence-corrected chi connectivity index (χ3v) is 13.2. The van der Waals surface area contributed by atoms with Crippen molar-refractivity contribution >= 4 is 46.6 Å². The summed E-state index contributed by atoms with van der Waals surface area (Å²) in [6, 6.07) is 14.6. The predicted molar refractivity (Wildman–Crippen MR) is 222 cm³/mol. The van der Waals surface area contributed by atoms with Crippen molar-refractivity contribution in [3.05, 3.63) is 95.2 Å². The highest BCUT2D eigenvalue weighted by Crippen LogP contribution is 2.51. The Morgan fingerprint density at radius 2 is 1.76 bits per heavy atom. The standard InChI is InChI=1S/C44H45F2N11O5/c1-26-19-47-32(18-34(26)56-16-13-39(58)51-42(56)61)41(60)54-17-14-43(44(45,46)25-54)23-53(24-43)22-27-6-7-30(48-20-27)28-4-3-5-33-29(28)12-15-55(33)38-11-10-37-49-21-35(57(37)52-38)40(59)50-31-8-9-36(31)62-2/h3-7,10-11,18-21,31,36H,8-9,12-17,22-25H2,1-2H3,(H,50,59)(H,51,58,61)/t31?,36-/m1/s1. The van der Waals surface area contributed by atoms with Crippen LogP contribution in [-0.2, 0) is 22.5 Å². The number of likely N-dealkylation sites (tertiary alicyclic amines) is 2. The van der Waals surface area contributed by atoms with Crippen LogP contribution in [0.5, 0.6) is 0 Å². The number of hydrogen-bond donors (Lipinski definition) is 2. The summed E-state index contributed by atoms with van der Waals surface area (Å²) in [5.41, 5.74) is 5.55. The first-order valence-electron chi connectivity index (χ1n) is 20.9. The van der Waals surface area contributed by atoms with E-state index in [0.29, 0.717) is 41.5 Å². The first kappa shape index (κ1) is 39.7. The SMILES string of the molecule is CO[C@@H]1CCC1NC(=O)c1cnc2ccc(N3CCc4c(-c5ccc(CN6CC7(CCN(C(=O)c8cc(N9CCC(=O)NC9=O)c(C)cn8)CC7(F)F)C6)cn5)cccc43)nn12. The van der Waals surface area contributed by atoms with Gasteiger partial charge in [-0.2, -0.15) is 0 Å². The normalized spacial score (nSPS) is 21.7. The van der Waals surface area contributed by atoms with E-state index in [1.165, 1.54) is 17.2 Å². The molecule has 0 radical (unpaired) electrons. The van der Waals surface area contributed by atoms with Gasteiger partial charge < -0.3 is 19.9 Å². The second-order valence-electron chi connectivity index (χ2n) is 17.0. The zero-order valence-electron chi connectivity index (χ0n) is 34.3. The zero-order valence-corrected chi connectivity index (χ0v) is 34.3. The molecule has 4 aliphatic heterocycles. The van der Waals surface area contributed by atoms with Crippen LogP contribution in [0, 0.1) is 12.3 Å². The molecule has 0 bridgehead atoms. The lowest BCUT2D eigenvalue weighted by Gasteiger charge is -2.57. The van der Waals surface area contributed by atoms with E-state index in [0.717, 1.165) is 52.2 Å². The number of piperidine rings is 1. The molecule has 2 atom stereocenters. The zero-order chi connectivity index (χ0) is 42.9. The molecule has 3 saturated heterocycles. The monoisotopic (exact) mass is 845 g/mol. The smallest absolute Gasteiger partial charge is 0.328 e. The van der Waals surface area contributed by atoms with Crippen LogP contribution in [0.4, 0.5) is 30.8 Å². The van der Waals surface area contributed by atoms with Crippen LogP contribution >= 0.6 is 0 Å². The van der Waals surface area contributed by atoms with E-state index in [9.17, 15) is 19.2 Å². The number of nitrogens with one attached hydrogen (secondary N) is 2. The van der Waals surface area contributed by atoms with E-state index in [1.54, 1.807) is 30.9 Å². The number of carbonyl (C=O) groups is 4. The van der Waals surface area contributed by atoms with Crippen LogP contribution in [0.15, 0.2) is 67.1 Å². The Morgan fingerprint density at radius 1 is 0.919 bits per heavy atom. The molecule has 5 aromatic rings. The van der Waals surface area contributed by atoms with Crippen molar-refractivity contribution in [3.8, 4) is 11.3 Å². The molecule has 5 amide bonds. The molecule has 2 N–H and O–H groups in total. The number of benzene rings is 1. The predicted octanol–water partition coefficient (Wildman–Crippen LogP) is 4.53. The summed E-state index contributed by atoms with van der Waals surface area (Å²) < 4.78 is 38.9. The van der Waals surface area contributed by atoms with E-state index in [1.807, 2.05) is 35.2 Å². The summed E-state index contributed by atoms with van der Waals surface area (Å²) in [5, 5.41) is 10.2. The van der Waals surface area contributed by atoms with E-state index in [-0.39, 0.29) is 68.7 Å². The number of urea groups is 1. The molecule has 1 aromatic carbocycles. The summed E-state index contributed by atoms with van der Waals surface area (Å²) in [6.45, 7) is 2.86. The summed E-state index contributed by atoms with van der Waals surface area (Å²) in [7, 11) is 1.65. The summed E-state index contributed by atoms with van der Waals surface area (Å²) >= 11 is 0. The van der Waals surface area contributed by atoms with Crippen molar-refractivity contribution in [2.75, 3.05) is 56.2 Å². The number of methoxy groups -OCH3 is 1. The number of alkyl halides is 2. The molecule has 5 aliphatic rings. The number of fused-ring (bicyclic) bond motifs is 2. The lowest BCUT2D eigenvalue weighted by Crippen LogP contribution is -2.70. The number of imidazole rings is 1. The number of aryl methyl sites for hydroxylation is 1.